The van der Waals surface area contributed by atoms with E-state index in [-0.39, 0.29) is 24.3 Å². The molecule has 0 radical (unpaired) electrons. The second-order valence-corrected chi connectivity index (χ2v) is 12.9. The maximum atomic E-state index is 15.4. The number of nitrogens with zero attached hydrogens (tertiary/aromatic N) is 3. The Morgan fingerprint density at radius 1 is 1.04 bits per heavy atom. The van der Waals surface area contributed by atoms with Crippen LogP contribution in [0.2, 0.25) is 0 Å². The van der Waals surface area contributed by atoms with Gasteiger partial charge in [0.15, 0.2) is 11.6 Å². The van der Waals surface area contributed by atoms with Crippen molar-refractivity contribution in [3.05, 3.63) is 82.3 Å². The molecule has 4 aromatic rings. The van der Waals surface area contributed by atoms with Crippen molar-refractivity contribution in [3.63, 3.8) is 0 Å². The van der Waals surface area contributed by atoms with Gasteiger partial charge < -0.3 is 15.7 Å². The molecule has 0 saturated carbocycles. The molecule has 0 aliphatic carbocycles. The Morgan fingerprint density at radius 3 is 2.27 bits per heavy atom. The number of sulfonamides is 1. The minimum Gasteiger partial charge on any atom is -0.475 e. The van der Waals surface area contributed by atoms with Crippen LogP contribution in [-0.2, 0) is 20.6 Å². The number of fused-ring (bicyclic) bond motifs is 1. The first-order valence-electron chi connectivity index (χ1n) is 14.6. The molecule has 0 amide bonds. The zero-order valence-corrected chi connectivity index (χ0v) is 26.8. The largest absolute Gasteiger partial charge is 0.490 e. The van der Waals surface area contributed by atoms with Gasteiger partial charge in [-0.05, 0) is 30.7 Å². The van der Waals surface area contributed by atoms with Gasteiger partial charge in [0.1, 0.15) is 17.9 Å². The van der Waals surface area contributed by atoms with E-state index in [0.29, 0.717) is 23.6 Å². The number of piperidine rings is 1. The number of carboxylic acids is 1. The Labute approximate surface area is 282 Å². The van der Waals surface area contributed by atoms with E-state index < -0.39 is 92.0 Å². The Morgan fingerprint density at radius 2 is 1.69 bits per heavy atom. The topological polar surface area (TPSA) is 155 Å². The molecule has 2 aromatic carbocycles. The average Bonchev–Trinajstić information content (AvgIpc) is 3.03. The molecule has 1 fully saturated rings. The molecule has 5 rings (SSSR count). The van der Waals surface area contributed by atoms with Crippen LogP contribution in [0.5, 0.6) is 0 Å². The first-order chi connectivity index (χ1) is 23.7. The summed E-state index contributed by atoms with van der Waals surface area (Å²) in [5, 5.41) is 12.7. The summed E-state index contributed by atoms with van der Waals surface area (Å²) in [6.07, 6.45) is -9.97. The number of hydrogen-bond acceptors (Lipinski definition) is 8. The van der Waals surface area contributed by atoms with Gasteiger partial charge in [-0.2, -0.15) is 31.3 Å². The lowest BCUT2D eigenvalue weighted by atomic mass is 10.0. The Bertz CT molecular complexity index is 2060. The number of rotatable bonds is 8. The first kappa shape index (κ1) is 38.9. The molecule has 1 saturated heterocycles. The number of carbonyl (C=O) groups is 1. The quantitative estimate of drug-likeness (QED) is 0.170. The van der Waals surface area contributed by atoms with E-state index in [0.717, 1.165) is 24.4 Å². The molecule has 3 atom stereocenters. The normalized spacial score (nSPS) is 17.3. The van der Waals surface area contributed by atoms with Gasteiger partial charge in [0.25, 0.3) is 5.56 Å². The van der Waals surface area contributed by atoms with Crippen LogP contribution in [0, 0.1) is 11.6 Å². The summed E-state index contributed by atoms with van der Waals surface area (Å²) in [7, 11) is -4.19. The SMILES string of the molecule is CC(n1c(=O)c(-c2ccc(NS(=O)(=O)Cc3ccccc3)c(F)c2F)cc2cnc(N[C@@H]3CNC[C@@H](F)C3)nc21)C(F)(F)F.O=C(O)C(F)(F)F. The van der Waals surface area contributed by atoms with E-state index in [2.05, 4.69) is 20.6 Å². The second-order valence-electron chi connectivity index (χ2n) is 11.2. The van der Waals surface area contributed by atoms with Crippen LogP contribution in [0.4, 0.5) is 51.1 Å². The standard InChI is InChI=1S/C28H26F6N6O3S.C2HF3O2/c1-15(28(32,33)34)40-25-17(11-36-27(38-25)37-19-10-18(29)12-35-13-19)9-21(26(40)41)20-7-8-22(24(31)23(20)30)39-44(42,43)14-16-5-3-2-4-6-16;3-2(4,5)1(6)7/h2-9,11,15,18-19,35,39H,10,12-14H2,1H3,(H,36,37,38);(H,6,7)/t15?,18-,19-;/m0./s1. The summed E-state index contributed by atoms with van der Waals surface area (Å²) in [5.74, 6) is -6.76. The third-order valence-electron chi connectivity index (χ3n) is 7.34. The van der Waals surface area contributed by atoms with E-state index in [4.69, 9.17) is 9.90 Å². The summed E-state index contributed by atoms with van der Waals surface area (Å²) >= 11 is 0. The molecule has 2 aromatic heterocycles. The zero-order valence-electron chi connectivity index (χ0n) is 26.0. The van der Waals surface area contributed by atoms with Crippen LogP contribution in [-0.4, -0.2) is 71.7 Å². The number of halogens is 9. The number of aromatic nitrogens is 3. The number of pyridine rings is 1. The third kappa shape index (κ3) is 9.66. The number of alkyl halides is 7. The number of anilines is 2. The van der Waals surface area contributed by atoms with Gasteiger partial charge in [-0.3, -0.25) is 14.1 Å². The van der Waals surface area contributed by atoms with E-state index >= 15 is 8.78 Å². The maximum Gasteiger partial charge on any atom is 0.490 e. The summed E-state index contributed by atoms with van der Waals surface area (Å²) in [4.78, 5) is 30.6. The van der Waals surface area contributed by atoms with E-state index in [9.17, 15) is 43.9 Å². The molecule has 1 aliphatic heterocycles. The molecule has 1 unspecified atom stereocenters. The fourth-order valence-corrected chi connectivity index (χ4v) is 6.10. The van der Waals surface area contributed by atoms with E-state index in [1.54, 1.807) is 18.2 Å². The highest BCUT2D eigenvalue weighted by molar-refractivity contribution is 7.91. The van der Waals surface area contributed by atoms with Gasteiger partial charge in [0.2, 0.25) is 16.0 Å². The first-order valence-corrected chi connectivity index (χ1v) is 16.3. The van der Waals surface area contributed by atoms with Crippen molar-refractivity contribution >= 4 is 38.7 Å². The van der Waals surface area contributed by atoms with Crippen molar-refractivity contribution in [1.29, 1.82) is 0 Å². The molecule has 0 spiro atoms. The molecular weight excluding hydrogens is 727 g/mol. The Balaban J connectivity index is 0.000000755. The predicted molar refractivity (Wildman–Crippen MR) is 166 cm³/mol. The number of aliphatic carboxylic acids is 1. The summed E-state index contributed by atoms with van der Waals surface area (Å²) < 4.78 is 145. The van der Waals surface area contributed by atoms with Gasteiger partial charge in [0, 0.05) is 42.7 Å². The molecule has 11 nitrogen and oxygen atoms in total. The maximum absolute atomic E-state index is 15.4. The van der Waals surface area contributed by atoms with Crippen molar-refractivity contribution in [1.82, 2.24) is 19.9 Å². The molecular formula is C30H27F9N6O5S. The summed E-state index contributed by atoms with van der Waals surface area (Å²) in [6.45, 7) is 1.20. The molecule has 3 heterocycles. The fourth-order valence-electron chi connectivity index (χ4n) is 4.90. The highest BCUT2D eigenvalue weighted by Gasteiger charge is 2.40. The number of benzene rings is 2. The lowest BCUT2D eigenvalue weighted by molar-refractivity contribution is -0.192. The average molecular weight is 755 g/mol. The lowest BCUT2D eigenvalue weighted by Crippen LogP contribution is -2.44. The number of nitrogens with one attached hydrogen (secondary N) is 3. The van der Waals surface area contributed by atoms with Crippen molar-refractivity contribution < 1.29 is 57.8 Å². The highest BCUT2D eigenvalue weighted by Crippen LogP contribution is 2.34. The van der Waals surface area contributed by atoms with Crippen LogP contribution < -0.4 is 20.9 Å². The third-order valence-corrected chi connectivity index (χ3v) is 8.59. The van der Waals surface area contributed by atoms with E-state index in [1.807, 2.05) is 4.72 Å². The fraction of sp³-hybridized carbons (Fsp3) is 0.333. The number of hydrogen-bond donors (Lipinski definition) is 4. The minimum atomic E-state index is -5.08. The monoisotopic (exact) mass is 754 g/mol. The van der Waals surface area contributed by atoms with Gasteiger partial charge in [-0.25, -0.2) is 31.4 Å². The van der Waals surface area contributed by atoms with Crippen LogP contribution in [0.1, 0.15) is 24.9 Å². The lowest BCUT2D eigenvalue weighted by Gasteiger charge is -2.26. The molecule has 4 N–H and O–H groups in total. The van der Waals surface area contributed by atoms with E-state index in [1.165, 1.54) is 12.1 Å². The zero-order chi connectivity index (χ0) is 37.9. The molecule has 276 valence electrons. The van der Waals surface area contributed by atoms with Gasteiger partial charge in [-0.1, -0.05) is 30.3 Å². The van der Waals surface area contributed by atoms with Crippen molar-refractivity contribution in [2.24, 2.45) is 0 Å². The highest BCUT2D eigenvalue weighted by atomic mass is 32.2. The Hall–Kier alpha value is -4.92. The minimum absolute atomic E-state index is 0.0983. The van der Waals surface area contributed by atoms with Crippen LogP contribution >= 0.6 is 0 Å². The summed E-state index contributed by atoms with van der Waals surface area (Å²) in [6, 6.07) is 7.81. The van der Waals surface area contributed by atoms with Crippen LogP contribution in [0.15, 0.2) is 59.5 Å². The van der Waals surface area contributed by atoms with Gasteiger partial charge in [0.05, 0.1) is 17.0 Å². The molecule has 21 heteroatoms. The molecule has 1 aliphatic rings. The second kappa shape index (κ2) is 15.1. The smallest absolute Gasteiger partial charge is 0.475 e. The van der Waals surface area contributed by atoms with Gasteiger partial charge >= 0.3 is 18.3 Å². The number of carboxylic acid groups (broad SMARTS) is 1. The van der Waals surface area contributed by atoms with Crippen LogP contribution in [0.25, 0.3) is 22.2 Å². The molecule has 51 heavy (non-hydrogen) atoms. The summed E-state index contributed by atoms with van der Waals surface area (Å²) in [5.41, 5.74) is -3.47. The van der Waals surface area contributed by atoms with Crippen molar-refractivity contribution in [2.75, 3.05) is 23.1 Å². The molecule has 0 bridgehead atoms. The Kier molecular flexibility index (Phi) is 11.5. The van der Waals surface area contributed by atoms with Crippen molar-refractivity contribution in [3.8, 4) is 11.1 Å². The predicted octanol–water partition coefficient (Wildman–Crippen LogP) is 5.55. The van der Waals surface area contributed by atoms with Crippen molar-refractivity contribution in [2.45, 2.75) is 49.7 Å². The van der Waals surface area contributed by atoms with Crippen LogP contribution in [0.3, 0.4) is 0 Å². The van der Waals surface area contributed by atoms with Gasteiger partial charge in [-0.15, -0.1) is 0 Å².